The molecule has 0 saturated heterocycles. The zero-order chi connectivity index (χ0) is 14.2. The highest BCUT2D eigenvalue weighted by atomic mass is 32.2. The Kier molecular flexibility index (Phi) is 6.57. The third-order valence-corrected chi connectivity index (χ3v) is 4.70. The van der Waals surface area contributed by atoms with Crippen LogP contribution in [-0.2, 0) is 6.54 Å². The van der Waals surface area contributed by atoms with Gasteiger partial charge in [-0.2, -0.15) is 11.8 Å². The number of thiophene rings is 1. The Hall–Kier alpha value is -0.840. The minimum absolute atomic E-state index is 0.142. The third-order valence-electron chi connectivity index (χ3n) is 3.10. The largest absolute Gasteiger partial charge is 0.313 e. The second-order valence-electron chi connectivity index (χ2n) is 4.67. The maximum atomic E-state index is 13.8. The summed E-state index contributed by atoms with van der Waals surface area (Å²) >= 11 is 3.46. The minimum Gasteiger partial charge on any atom is -0.313 e. The van der Waals surface area contributed by atoms with E-state index in [1.807, 2.05) is 41.4 Å². The number of nitrogens with one attached hydrogen (secondary N) is 1. The third kappa shape index (κ3) is 4.62. The van der Waals surface area contributed by atoms with Gasteiger partial charge in [0.05, 0.1) is 0 Å². The Morgan fingerprint density at radius 3 is 2.90 bits per heavy atom. The number of unbranched alkanes of at least 4 members (excludes halogenated alkanes) is 1. The van der Waals surface area contributed by atoms with Crippen LogP contribution in [0.4, 0.5) is 4.39 Å². The van der Waals surface area contributed by atoms with Crippen molar-refractivity contribution in [3.63, 3.8) is 0 Å². The van der Waals surface area contributed by atoms with Crippen molar-refractivity contribution < 1.29 is 4.39 Å². The van der Waals surface area contributed by atoms with E-state index in [1.54, 1.807) is 17.4 Å². The van der Waals surface area contributed by atoms with Crippen LogP contribution in [0, 0.1) is 5.82 Å². The van der Waals surface area contributed by atoms with E-state index in [9.17, 15) is 4.39 Å². The molecule has 1 nitrogen and oxygen atoms in total. The molecule has 0 atom stereocenters. The summed E-state index contributed by atoms with van der Waals surface area (Å²) in [6.07, 6.45) is 4.58. The number of thioether (sulfide) groups is 1. The van der Waals surface area contributed by atoms with Crippen LogP contribution in [0.2, 0.25) is 0 Å². The molecule has 0 radical (unpaired) electrons. The van der Waals surface area contributed by atoms with Gasteiger partial charge >= 0.3 is 0 Å². The molecule has 2 rings (SSSR count). The molecule has 0 bridgehead atoms. The molecule has 0 fully saturated rings. The molecule has 2 aromatic rings. The van der Waals surface area contributed by atoms with Gasteiger partial charge in [0.1, 0.15) is 5.82 Å². The van der Waals surface area contributed by atoms with Gasteiger partial charge in [-0.1, -0.05) is 12.1 Å². The lowest BCUT2D eigenvalue weighted by Gasteiger charge is -2.07. The van der Waals surface area contributed by atoms with Gasteiger partial charge in [-0.15, -0.1) is 11.3 Å². The van der Waals surface area contributed by atoms with Gasteiger partial charge in [0.25, 0.3) is 0 Å². The van der Waals surface area contributed by atoms with Crippen molar-refractivity contribution in [3.05, 3.63) is 47.1 Å². The Morgan fingerprint density at radius 2 is 2.15 bits per heavy atom. The van der Waals surface area contributed by atoms with E-state index in [-0.39, 0.29) is 5.82 Å². The smallest absolute Gasteiger partial charge is 0.131 e. The first-order valence-electron chi connectivity index (χ1n) is 6.83. The van der Waals surface area contributed by atoms with Crippen LogP contribution in [0.5, 0.6) is 0 Å². The second kappa shape index (κ2) is 8.45. The molecule has 0 aliphatic heterocycles. The van der Waals surface area contributed by atoms with Crippen molar-refractivity contribution in [2.75, 3.05) is 18.6 Å². The fourth-order valence-electron chi connectivity index (χ4n) is 2.03. The predicted octanol–water partition coefficient (Wildman–Crippen LogP) is 4.79. The van der Waals surface area contributed by atoms with Crippen LogP contribution in [0.25, 0.3) is 10.4 Å². The molecular formula is C16H20FNS2. The molecule has 1 aromatic carbocycles. The summed E-state index contributed by atoms with van der Waals surface area (Å²) in [7, 11) is 0. The Bertz CT molecular complexity index is 511. The standard InChI is InChI=1S/C16H20FNS2/c1-19-9-3-2-8-18-12-13-6-7-15(17)14(11-13)16-5-4-10-20-16/h4-7,10-11,18H,2-3,8-9,12H2,1H3. The molecule has 1 N–H and O–H groups in total. The Morgan fingerprint density at radius 1 is 1.25 bits per heavy atom. The summed E-state index contributed by atoms with van der Waals surface area (Å²) in [6.45, 7) is 1.82. The second-order valence-corrected chi connectivity index (χ2v) is 6.60. The summed E-state index contributed by atoms with van der Waals surface area (Å²) in [5, 5.41) is 5.40. The quantitative estimate of drug-likeness (QED) is 0.704. The SMILES string of the molecule is CSCCCCNCc1ccc(F)c(-c2cccs2)c1. The van der Waals surface area contributed by atoms with Crippen molar-refractivity contribution in [1.82, 2.24) is 5.32 Å². The van der Waals surface area contributed by atoms with Gasteiger partial charge < -0.3 is 5.32 Å². The molecule has 0 unspecified atom stereocenters. The lowest BCUT2D eigenvalue weighted by atomic mass is 10.1. The number of halogens is 1. The monoisotopic (exact) mass is 309 g/mol. The zero-order valence-corrected chi connectivity index (χ0v) is 13.3. The first-order chi connectivity index (χ1) is 9.81. The maximum absolute atomic E-state index is 13.8. The number of hydrogen-bond donors (Lipinski definition) is 1. The van der Waals surface area contributed by atoms with Crippen LogP contribution in [-0.4, -0.2) is 18.6 Å². The van der Waals surface area contributed by atoms with E-state index in [0.29, 0.717) is 5.56 Å². The van der Waals surface area contributed by atoms with E-state index in [4.69, 9.17) is 0 Å². The highest BCUT2D eigenvalue weighted by Gasteiger charge is 2.07. The van der Waals surface area contributed by atoms with Crippen LogP contribution in [0.3, 0.4) is 0 Å². The molecule has 0 amide bonds. The summed E-state index contributed by atoms with van der Waals surface area (Å²) in [5.41, 5.74) is 1.85. The van der Waals surface area contributed by atoms with Gasteiger partial charge in [-0.25, -0.2) is 4.39 Å². The average Bonchev–Trinajstić information content (AvgIpc) is 2.98. The van der Waals surface area contributed by atoms with Crippen molar-refractivity contribution in [2.24, 2.45) is 0 Å². The predicted molar refractivity (Wildman–Crippen MR) is 89.0 cm³/mol. The van der Waals surface area contributed by atoms with E-state index in [1.165, 1.54) is 18.6 Å². The van der Waals surface area contributed by atoms with Crippen molar-refractivity contribution in [1.29, 1.82) is 0 Å². The Labute approximate surface area is 128 Å². The average molecular weight is 309 g/mol. The molecule has 0 aliphatic carbocycles. The van der Waals surface area contributed by atoms with Crippen LogP contribution >= 0.6 is 23.1 Å². The number of rotatable bonds is 8. The van der Waals surface area contributed by atoms with E-state index < -0.39 is 0 Å². The van der Waals surface area contributed by atoms with Crippen LogP contribution < -0.4 is 5.32 Å². The van der Waals surface area contributed by atoms with Crippen LogP contribution in [0.15, 0.2) is 35.7 Å². The van der Waals surface area contributed by atoms with Gasteiger partial charge in [-0.3, -0.25) is 0 Å². The fraction of sp³-hybridized carbons (Fsp3) is 0.375. The van der Waals surface area contributed by atoms with Gasteiger partial charge in [-0.05, 0) is 60.5 Å². The normalized spacial score (nSPS) is 10.9. The maximum Gasteiger partial charge on any atom is 0.131 e. The molecule has 1 heterocycles. The van der Waals surface area contributed by atoms with Gasteiger partial charge in [0, 0.05) is 17.0 Å². The van der Waals surface area contributed by atoms with Crippen LogP contribution in [0.1, 0.15) is 18.4 Å². The summed E-state index contributed by atoms with van der Waals surface area (Å²) in [6, 6.07) is 9.30. The molecule has 1 aromatic heterocycles. The lowest BCUT2D eigenvalue weighted by molar-refractivity contribution is 0.625. The first kappa shape index (κ1) is 15.5. The molecule has 4 heteroatoms. The topological polar surface area (TPSA) is 12.0 Å². The summed E-state index contributed by atoms with van der Waals surface area (Å²) in [4.78, 5) is 0.990. The van der Waals surface area contributed by atoms with Crippen molar-refractivity contribution in [2.45, 2.75) is 19.4 Å². The van der Waals surface area contributed by atoms with E-state index >= 15 is 0 Å². The molecule has 0 aliphatic rings. The van der Waals surface area contributed by atoms with E-state index in [0.717, 1.165) is 23.5 Å². The van der Waals surface area contributed by atoms with Gasteiger partial charge in [0.2, 0.25) is 0 Å². The van der Waals surface area contributed by atoms with Crippen molar-refractivity contribution >= 4 is 23.1 Å². The first-order valence-corrected chi connectivity index (χ1v) is 9.10. The molecule has 20 heavy (non-hydrogen) atoms. The fourth-order valence-corrected chi connectivity index (χ4v) is 3.27. The summed E-state index contributed by atoms with van der Waals surface area (Å²) < 4.78 is 13.8. The van der Waals surface area contributed by atoms with Crippen molar-refractivity contribution in [3.8, 4) is 10.4 Å². The molecule has 0 saturated carbocycles. The molecular weight excluding hydrogens is 289 g/mol. The minimum atomic E-state index is -0.142. The highest BCUT2D eigenvalue weighted by molar-refractivity contribution is 7.98. The number of benzene rings is 1. The number of hydrogen-bond acceptors (Lipinski definition) is 3. The molecule has 108 valence electrons. The summed E-state index contributed by atoms with van der Waals surface area (Å²) in [5.74, 6) is 1.08. The van der Waals surface area contributed by atoms with E-state index in [2.05, 4.69) is 11.6 Å². The van der Waals surface area contributed by atoms with Gasteiger partial charge in [0.15, 0.2) is 0 Å². The zero-order valence-electron chi connectivity index (χ0n) is 11.7. The highest BCUT2D eigenvalue weighted by Crippen LogP contribution is 2.28. The molecule has 0 spiro atoms. The lowest BCUT2D eigenvalue weighted by Crippen LogP contribution is -2.14. The Balaban J connectivity index is 1.88.